The number of pyridine rings is 1. The van der Waals surface area contributed by atoms with E-state index in [9.17, 15) is 13.6 Å². The standard InChI is InChI=1S/C21H18F2N2O/c22-16-7-8-19(23)18(12-16)15-5-3-11-25(13-15)21(26)20-17-6-2-1-4-14(17)9-10-24-20/h1-2,4,6-10,12,15H,3,5,11,13H2. The van der Waals surface area contributed by atoms with Crippen molar-refractivity contribution in [2.24, 2.45) is 0 Å². The van der Waals surface area contributed by atoms with Crippen molar-refractivity contribution in [2.75, 3.05) is 13.1 Å². The van der Waals surface area contributed by atoms with E-state index in [0.29, 0.717) is 24.3 Å². The first-order valence-corrected chi connectivity index (χ1v) is 8.71. The SMILES string of the molecule is O=C(c1nccc2ccccc12)N1CCCC(c2cc(F)ccc2F)C1. The highest BCUT2D eigenvalue weighted by Crippen LogP contribution is 2.30. The van der Waals surface area contributed by atoms with Gasteiger partial charge in [0.05, 0.1) is 0 Å². The van der Waals surface area contributed by atoms with Crippen molar-refractivity contribution in [3.05, 3.63) is 77.6 Å². The summed E-state index contributed by atoms with van der Waals surface area (Å²) in [6.45, 7) is 0.960. The van der Waals surface area contributed by atoms with Crippen LogP contribution in [0.1, 0.15) is 34.8 Å². The largest absolute Gasteiger partial charge is 0.337 e. The van der Waals surface area contributed by atoms with Gasteiger partial charge in [0.1, 0.15) is 17.3 Å². The van der Waals surface area contributed by atoms with Crippen molar-refractivity contribution < 1.29 is 13.6 Å². The van der Waals surface area contributed by atoms with Crippen LogP contribution in [0.15, 0.2) is 54.7 Å². The minimum absolute atomic E-state index is 0.164. The number of carbonyl (C=O) groups is 1. The van der Waals surface area contributed by atoms with Gasteiger partial charge in [0, 0.05) is 30.6 Å². The summed E-state index contributed by atoms with van der Waals surface area (Å²) in [6.07, 6.45) is 3.10. The smallest absolute Gasteiger partial charge is 0.273 e. The molecule has 1 amide bonds. The molecule has 5 heteroatoms. The van der Waals surface area contributed by atoms with Crippen LogP contribution in [-0.4, -0.2) is 28.9 Å². The number of benzene rings is 2. The topological polar surface area (TPSA) is 33.2 Å². The van der Waals surface area contributed by atoms with Crippen LogP contribution in [0.4, 0.5) is 8.78 Å². The number of hydrogen-bond acceptors (Lipinski definition) is 2. The molecule has 1 fully saturated rings. The fourth-order valence-corrected chi connectivity index (χ4v) is 3.68. The van der Waals surface area contributed by atoms with Crippen LogP contribution in [0.25, 0.3) is 10.8 Å². The summed E-state index contributed by atoms with van der Waals surface area (Å²) in [4.78, 5) is 19.0. The summed E-state index contributed by atoms with van der Waals surface area (Å²) in [5.41, 5.74) is 0.747. The van der Waals surface area contributed by atoms with Gasteiger partial charge in [-0.15, -0.1) is 0 Å². The lowest BCUT2D eigenvalue weighted by atomic mass is 9.90. The first-order chi connectivity index (χ1) is 12.6. The minimum Gasteiger partial charge on any atom is -0.337 e. The van der Waals surface area contributed by atoms with Gasteiger partial charge in [0.2, 0.25) is 0 Å². The van der Waals surface area contributed by atoms with Gasteiger partial charge in [0.15, 0.2) is 0 Å². The number of amides is 1. The Bertz CT molecular complexity index is 968. The summed E-state index contributed by atoms with van der Waals surface area (Å²) >= 11 is 0. The molecule has 2 aromatic carbocycles. The van der Waals surface area contributed by atoms with Crippen molar-refractivity contribution in [3.63, 3.8) is 0 Å². The molecule has 1 aromatic heterocycles. The normalized spacial score (nSPS) is 17.5. The molecule has 0 bridgehead atoms. The highest BCUT2D eigenvalue weighted by atomic mass is 19.1. The number of rotatable bonds is 2. The van der Waals surface area contributed by atoms with Crippen molar-refractivity contribution in [1.82, 2.24) is 9.88 Å². The predicted octanol–water partition coefficient (Wildman–Crippen LogP) is 4.53. The van der Waals surface area contributed by atoms with E-state index in [1.807, 2.05) is 30.3 Å². The van der Waals surface area contributed by atoms with Crippen molar-refractivity contribution in [3.8, 4) is 0 Å². The van der Waals surface area contributed by atoms with Crippen LogP contribution >= 0.6 is 0 Å². The maximum Gasteiger partial charge on any atom is 0.273 e. The van der Waals surface area contributed by atoms with E-state index in [0.717, 1.165) is 35.7 Å². The van der Waals surface area contributed by atoms with Gasteiger partial charge < -0.3 is 4.90 Å². The van der Waals surface area contributed by atoms with Gasteiger partial charge >= 0.3 is 0 Å². The van der Waals surface area contributed by atoms with Crippen molar-refractivity contribution in [2.45, 2.75) is 18.8 Å². The third kappa shape index (κ3) is 3.05. The second kappa shape index (κ2) is 6.83. The van der Waals surface area contributed by atoms with E-state index >= 15 is 0 Å². The third-order valence-corrected chi connectivity index (χ3v) is 4.98. The monoisotopic (exact) mass is 352 g/mol. The summed E-state index contributed by atoms with van der Waals surface area (Å²) < 4.78 is 27.7. The zero-order valence-electron chi connectivity index (χ0n) is 14.2. The van der Waals surface area contributed by atoms with Crippen LogP contribution in [0, 0.1) is 11.6 Å². The number of aromatic nitrogens is 1. The van der Waals surface area contributed by atoms with E-state index in [2.05, 4.69) is 4.98 Å². The lowest BCUT2D eigenvalue weighted by Gasteiger charge is -2.33. The second-order valence-electron chi connectivity index (χ2n) is 6.64. The number of hydrogen-bond donors (Lipinski definition) is 0. The van der Waals surface area contributed by atoms with E-state index in [1.165, 1.54) is 6.07 Å². The molecule has 3 aromatic rings. The molecule has 1 unspecified atom stereocenters. The minimum atomic E-state index is -0.458. The maximum atomic E-state index is 14.1. The number of fused-ring (bicyclic) bond motifs is 1. The van der Waals surface area contributed by atoms with Crippen molar-refractivity contribution in [1.29, 1.82) is 0 Å². The molecule has 132 valence electrons. The molecule has 26 heavy (non-hydrogen) atoms. The highest BCUT2D eigenvalue weighted by molar-refractivity contribution is 6.05. The van der Waals surface area contributed by atoms with Crippen molar-refractivity contribution >= 4 is 16.7 Å². The summed E-state index contributed by atoms with van der Waals surface area (Å²) in [5.74, 6) is -1.25. The number of likely N-dealkylation sites (tertiary alicyclic amines) is 1. The Morgan fingerprint density at radius 3 is 2.85 bits per heavy atom. The van der Waals surface area contributed by atoms with Gasteiger partial charge in [-0.05, 0) is 48.1 Å². The summed E-state index contributed by atoms with van der Waals surface area (Å²) in [6, 6.07) is 13.0. The third-order valence-electron chi connectivity index (χ3n) is 4.98. The fourth-order valence-electron chi connectivity index (χ4n) is 3.68. The van der Waals surface area contributed by atoms with Crippen LogP contribution in [0.2, 0.25) is 0 Å². The second-order valence-corrected chi connectivity index (χ2v) is 6.64. The Morgan fingerprint density at radius 2 is 1.96 bits per heavy atom. The zero-order chi connectivity index (χ0) is 18.1. The molecule has 1 saturated heterocycles. The Kier molecular flexibility index (Phi) is 4.37. The van der Waals surface area contributed by atoms with Gasteiger partial charge in [0.25, 0.3) is 5.91 Å². The van der Waals surface area contributed by atoms with E-state index in [1.54, 1.807) is 11.1 Å². The van der Waals surface area contributed by atoms with Crippen LogP contribution in [-0.2, 0) is 0 Å². The lowest BCUT2D eigenvalue weighted by Crippen LogP contribution is -2.39. The lowest BCUT2D eigenvalue weighted by molar-refractivity contribution is 0.0702. The zero-order valence-corrected chi connectivity index (χ0v) is 14.2. The average Bonchev–Trinajstić information content (AvgIpc) is 2.69. The highest BCUT2D eigenvalue weighted by Gasteiger charge is 2.28. The molecule has 1 aliphatic heterocycles. The first kappa shape index (κ1) is 16.6. The molecule has 0 aliphatic carbocycles. The Labute approximate surface area is 150 Å². The maximum absolute atomic E-state index is 14.1. The Hall–Kier alpha value is -2.82. The molecular weight excluding hydrogens is 334 g/mol. The molecule has 0 saturated carbocycles. The molecule has 2 heterocycles. The molecule has 0 radical (unpaired) electrons. The average molecular weight is 352 g/mol. The van der Waals surface area contributed by atoms with Gasteiger partial charge in [-0.1, -0.05) is 24.3 Å². The quantitative estimate of drug-likeness (QED) is 0.679. The van der Waals surface area contributed by atoms with E-state index in [4.69, 9.17) is 0 Å². The molecular formula is C21H18F2N2O. The summed E-state index contributed by atoms with van der Waals surface area (Å²) in [5, 5.41) is 1.76. The van der Waals surface area contributed by atoms with Crippen LogP contribution < -0.4 is 0 Å². The van der Waals surface area contributed by atoms with E-state index < -0.39 is 11.6 Å². The first-order valence-electron chi connectivity index (χ1n) is 8.71. The number of piperidine rings is 1. The van der Waals surface area contributed by atoms with Crippen LogP contribution in [0.5, 0.6) is 0 Å². The molecule has 1 atom stereocenters. The number of carbonyl (C=O) groups excluding carboxylic acids is 1. The molecule has 1 aliphatic rings. The van der Waals surface area contributed by atoms with Crippen LogP contribution in [0.3, 0.4) is 0 Å². The number of nitrogens with zero attached hydrogens (tertiary/aromatic N) is 2. The Morgan fingerprint density at radius 1 is 1.12 bits per heavy atom. The van der Waals surface area contributed by atoms with E-state index in [-0.39, 0.29) is 11.8 Å². The fraction of sp³-hybridized carbons (Fsp3) is 0.238. The number of halogens is 2. The molecule has 4 rings (SSSR count). The van der Waals surface area contributed by atoms with Gasteiger partial charge in [-0.25, -0.2) is 8.78 Å². The predicted molar refractivity (Wildman–Crippen MR) is 96.0 cm³/mol. The Balaban J connectivity index is 1.63. The van der Waals surface area contributed by atoms with Gasteiger partial charge in [-0.3, -0.25) is 9.78 Å². The van der Waals surface area contributed by atoms with Gasteiger partial charge in [-0.2, -0.15) is 0 Å². The summed E-state index contributed by atoms with van der Waals surface area (Å²) in [7, 11) is 0. The molecule has 3 nitrogen and oxygen atoms in total. The molecule has 0 spiro atoms. The molecule has 0 N–H and O–H groups in total.